The number of hydrogen-bond acceptors (Lipinski definition) is 2. The number of allylic oxidation sites excluding steroid dienone is 1. The van der Waals surface area contributed by atoms with Gasteiger partial charge in [0.25, 0.3) is 0 Å². The number of ether oxygens (including phenoxy) is 1. The van der Waals surface area contributed by atoms with Crippen LogP contribution in [0.5, 0.6) is 0 Å². The van der Waals surface area contributed by atoms with Crippen LogP contribution < -0.4 is 0 Å². The minimum absolute atomic E-state index is 0.0999. The molecule has 25 heavy (non-hydrogen) atoms. The molecule has 5 unspecified atom stereocenters. The van der Waals surface area contributed by atoms with Crippen molar-refractivity contribution >= 4 is 5.97 Å². The summed E-state index contributed by atoms with van der Waals surface area (Å²) in [6.07, 6.45) is 14.2. The molecule has 4 aliphatic rings. The van der Waals surface area contributed by atoms with Gasteiger partial charge in [0.05, 0.1) is 0 Å². The molecule has 2 heteroatoms. The van der Waals surface area contributed by atoms with Crippen LogP contribution in [0.3, 0.4) is 0 Å². The Morgan fingerprint density at radius 1 is 1.00 bits per heavy atom. The molecule has 0 amide bonds. The molecule has 2 nitrogen and oxygen atoms in total. The molecule has 140 valence electrons. The molecule has 0 aromatic heterocycles. The fourth-order valence-electron chi connectivity index (χ4n) is 7.99. The molecule has 0 spiro atoms. The van der Waals surface area contributed by atoms with Gasteiger partial charge in [0.1, 0.15) is 6.10 Å². The van der Waals surface area contributed by atoms with Gasteiger partial charge >= 0.3 is 5.97 Å². The molecular formula is C23H36O2. The highest BCUT2D eigenvalue weighted by atomic mass is 16.5. The molecule has 0 aromatic carbocycles. The van der Waals surface area contributed by atoms with Gasteiger partial charge in [-0.3, -0.25) is 4.79 Å². The minimum Gasteiger partial charge on any atom is -0.463 e. The number of rotatable bonds is 2. The van der Waals surface area contributed by atoms with Crippen molar-refractivity contribution in [1.29, 1.82) is 0 Å². The summed E-state index contributed by atoms with van der Waals surface area (Å²) in [7, 11) is 0. The first kappa shape index (κ1) is 17.6. The third-order valence-corrected chi connectivity index (χ3v) is 9.31. The number of fused-ring (bicyclic) bond motifs is 5. The van der Waals surface area contributed by atoms with E-state index in [0.29, 0.717) is 10.8 Å². The molecule has 8 atom stereocenters. The maximum absolute atomic E-state index is 11.4. The second-order valence-electron chi connectivity index (χ2n) is 10.1. The van der Waals surface area contributed by atoms with Crippen LogP contribution >= 0.6 is 0 Å². The summed E-state index contributed by atoms with van der Waals surface area (Å²) in [4.78, 5) is 11.4. The van der Waals surface area contributed by atoms with Crippen molar-refractivity contribution in [3.63, 3.8) is 0 Å². The Balaban J connectivity index is 1.53. The van der Waals surface area contributed by atoms with E-state index in [0.717, 1.165) is 42.4 Å². The van der Waals surface area contributed by atoms with Gasteiger partial charge in [-0.05, 0) is 98.2 Å². The van der Waals surface area contributed by atoms with E-state index in [4.69, 9.17) is 4.74 Å². The summed E-state index contributed by atoms with van der Waals surface area (Å²) in [6, 6.07) is 0. The molecule has 4 fully saturated rings. The van der Waals surface area contributed by atoms with Gasteiger partial charge in [-0.1, -0.05) is 19.9 Å². The zero-order chi connectivity index (χ0) is 17.8. The smallest absolute Gasteiger partial charge is 0.302 e. The fraction of sp³-hybridized carbons (Fsp3) is 0.870. The molecular weight excluding hydrogens is 308 g/mol. The summed E-state index contributed by atoms with van der Waals surface area (Å²) < 4.78 is 5.59. The normalized spacial score (nSPS) is 51.8. The van der Waals surface area contributed by atoms with Crippen LogP contribution in [-0.4, -0.2) is 12.1 Å². The quantitative estimate of drug-likeness (QED) is 0.470. The number of esters is 1. The lowest BCUT2D eigenvalue weighted by Gasteiger charge is -2.61. The number of hydrogen-bond donors (Lipinski definition) is 0. The first-order valence-corrected chi connectivity index (χ1v) is 10.7. The van der Waals surface area contributed by atoms with Crippen molar-refractivity contribution in [2.24, 2.45) is 40.4 Å². The predicted octanol–water partition coefficient (Wildman–Crippen LogP) is 5.76. The van der Waals surface area contributed by atoms with Crippen LogP contribution in [-0.2, 0) is 9.53 Å². The van der Waals surface area contributed by atoms with Crippen LogP contribution in [0, 0.1) is 40.4 Å². The summed E-state index contributed by atoms with van der Waals surface area (Å²) in [5, 5.41) is 0. The predicted molar refractivity (Wildman–Crippen MR) is 101 cm³/mol. The topological polar surface area (TPSA) is 26.3 Å². The van der Waals surface area contributed by atoms with E-state index in [-0.39, 0.29) is 12.1 Å². The second-order valence-corrected chi connectivity index (χ2v) is 10.1. The van der Waals surface area contributed by atoms with E-state index < -0.39 is 0 Å². The zero-order valence-electron chi connectivity index (χ0n) is 16.4. The highest BCUT2D eigenvalue weighted by molar-refractivity contribution is 5.66. The summed E-state index contributed by atoms with van der Waals surface area (Å²) in [6.45, 7) is 10.9. The van der Waals surface area contributed by atoms with Crippen molar-refractivity contribution in [1.82, 2.24) is 0 Å². The van der Waals surface area contributed by atoms with Gasteiger partial charge in [-0.25, -0.2) is 0 Å². The summed E-state index contributed by atoms with van der Waals surface area (Å²) in [5.74, 6) is 4.13. The molecule has 0 aliphatic heterocycles. The van der Waals surface area contributed by atoms with Gasteiger partial charge in [0.2, 0.25) is 0 Å². The van der Waals surface area contributed by atoms with Crippen molar-refractivity contribution < 1.29 is 9.53 Å². The van der Waals surface area contributed by atoms with Gasteiger partial charge in [0, 0.05) is 6.92 Å². The first-order valence-electron chi connectivity index (χ1n) is 10.7. The van der Waals surface area contributed by atoms with E-state index in [1.54, 1.807) is 6.92 Å². The molecule has 0 bridgehead atoms. The van der Waals surface area contributed by atoms with Gasteiger partial charge in [-0.2, -0.15) is 0 Å². The van der Waals surface area contributed by atoms with Crippen molar-refractivity contribution in [2.75, 3.05) is 0 Å². The maximum Gasteiger partial charge on any atom is 0.302 e. The minimum atomic E-state index is -0.0999. The lowest BCUT2D eigenvalue weighted by atomic mass is 9.44. The Hall–Kier alpha value is -0.790. The van der Waals surface area contributed by atoms with Crippen LogP contribution in [0.4, 0.5) is 0 Å². The molecule has 0 saturated heterocycles. The van der Waals surface area contributed by atoms with Crippen LogP contribution in [0.15, 0.2) is 12.7 Å². The van der Waals surface area contributed by atoms with Crippen LogP contribution in [0.1, 0.15) is 78.6 Å². The Morgan fingerprint density at radius 2 is 1.72 bits per heavy atom. The molecule has 0 aromatic rings. The Bertz CT molecular complexity index is 554. The Kier molecular flexibility index (Phi) is 4.32. The van der Waals surface area contributed by atoms with E-state index in [1.165, 1.54) is 44.9 Å². The van der Waals surface area contributed by atoms with Crippen molar-refractivity contribution in [3.05, 3.63) is 12.7 Å². The molecule has 0 radical (unpaired) electrons. The first-order chi connectivity index (χ1) is 11.9. The van der Waals surface area contributed by atoms with Gasteiger partial charge in [-0.15, -0.1) is 6.58 Å². The average Bonchev–Trinajstić information content (AvgIpc) is 2.91. The lowest BCUT2D eigenvalue weighted by Crippen LogP contribution is -2.54. The number of carbonyl (C=O) groups is 1. The fourth-order valence-corrected chi connectivity index (χ4v) is 7.99. The van der Waals surface area contributed by atoms with E-state index in [9.17, 15) is 4.79 Å². The van der Waals surface area contributed by atoms with E-state index in [2.05, 4.69) is 26.5 Å². The Labute approximate surface area is 153 Å². The Morgan fingerprint density at radius 3 is 2.44 bits per heavy atom. The average molecular weight is 345 g/mol. The maximum atomic E-state index is 11.4. The molecule has 0 heterocycles. The highest BCUT2D eigenvalue weighted by Gasteiger charge is 2.59. The SMILES string of the molecule is C=C[C@H]1CCC2C3CCC4CC(OC(C)=O)CC[C@]4(C)C3CC[C@@]21C. The molecule has 4 rings (SSSR count). The highest BCUT2D eigenvalue weighted by Crippen LogP contribution is 2.67. The summed E-state index contributed by atoms with van der Waals surface area (Å²) in [5.41, 5.74) is 0.994. The van der Waals surface area contributed by atoms with Gasteiger partial charge in [0.15, 0.2) is 0 Å². The van der Waals surface area contributed by atoms with Crippen LogP contribution in [0.25, 0.3) is 0 Å². The van der Waals surface area contributed by atoms with Crippen molar-refractivity contribution in [3.8, 4) is 0 Å². The third kappa shape index (κ3) is 2.61. The zero-order valence-corrected chi connectivity index (χ0v) is 16.4. The monoisotopic (exact) mass is 344 g/mol. The molecule has 0 N–H and O–H groups in total. The van der Waals surface area contributed by atoms with Crippen LogP contribution in [0.2, 0.25) is 0 Å². The molecule has 4 aliphatic carbocycles. The third-order valence-electron chi connectivity index (χ3n) is 9.31. The largest absolute Gasteiger partial charge is 0.463 e. The molecule has 4 saturated carbocycles. The van der Waals surface area contributed by atoms with E-state index >= 15 is 0 Å². The standard InChI is InChI=1S/C23H36O2/c1-5-16-7-9-20-19-8-6-17-14-18(25-15(2)24)10-12-23(17,4)21(19)11-13-22(16,20)3/h5,16-21H,1,6-14H2,2-4H3/t16-,17?,18?,19?,20?,21?,22+,23-/m0/s1. The lowest BCUT2D eigenvalue weighted by molar-refractivity contribution is -0.159. The second kappa shape index (κ2) is 6.13. The van der Waals surface area contributed by atoms with Gasteiger partial charge < -0.3 is 4.74 Å². The van der Waals surface area contributed by atoms with E-state index in [1.807, 2.05) is 0 Å². The van der Waals surface area contributed by atoms with Crippen molar-refractivity contribution in [2.45, 2.75) is 84.7 Å². The number of carbonyl (C=O) groups excluding carboxylic acids is 1. The summed E-state index contributed by atoms with van der Waals surface area (Å²) >= 11 is 0.